The predicted octanol–water partition coefficient (Wildman–Crippen LogP) is 4.78. The number of halogens is 2. The van der Waals surface area contributed by atoms with Crippen molar-refractivity contribution in [1.29, 1.82) is 0 Å². The van der Waals surface area contributed by atoms with Gasteiger partial charge in [0.15, 0.2) is 0 Å². The summed E-state index contributed by atoms with van der Waals surface area (Å²) in [7, 11) is 1.56. The van der Waals surface area contributed by atoms with Gasteiger partial charge in [-0.2, -0.15) is 11.8 Å². The smallest absolute Gasteiger partial charge is 0.242 e. The Morgan fingerprint density at radius 3 is 2.50 bits per heavy atom. The summed E-state index contributed by atoms with van der Waals surface area (Å²) in [5.41, 5.74) is 1.98. The van der Waals surface area contributed by atoms with E-state index in [0.717, 1.165) is 11.3 Å². The van der Waals surface area contributed by atoms with Gasteiger partial charge < -0.3 is 10.2 Å². The number of hydrogen-bond acceptors (Lipinski definition) is 3. The Hall–Kier alpha value is -1.69. The van der Waals surface area contributed by atoms with E-state index < -0.39 is 6.04 Å². The number of nitrogens with zero attached hydrogens (tertiary/aromatic N) is 1. The fourth-order valence-electron chi connectivity index (χ4n) is 2.69. The molecule has 2 aromatic rings. The van der Waals surface area contributed by atoms with Crippen LogP contribution >= 0.6 is 35.0 Å². The van der Waals surface area contributed by atoms with Crippen molar-refractivity contribution < 1.29 is 9.59 Å². The maximum absolute atomic E-state index is 12.9. The van der Waals surface area contributed by atoms with Crippen molar-refractivity contribution in [3.8, 4) is 0 Å². The van der Waals surface area contributed by atoms with E-state index >= 15 is 0 Å². The Labute approximate surface area is 180 Å². The highest BCUT2D eigenvalue weighted by atomic mass is 35.5. The summed E-state index contributed by atoms with van der Waals surface area (Å²) >= 11 is 13.9. The van der Waals surface area contributed by atoms with Crippen LogP contribution in [0.1, 0.15) is 24.5 Å². The van der Waals surface area contributed by atoms with Crippen molar-refractivity contribution in [2.24, 2.45) is 0 Å². The summed E-state index contributed by atoms with van der Waals surface area (Å²) < 4.78 is 0. The van der Waals surface area contributed by atoms with Crippen LogP contribution in [0.25, 0.3) is 0 Å². The normalized spacial score (nSPS) is 11.7. The molecule has 0 radical (unpaired) electrons. The Kier molecular flexibility index (Phi) is 9.16. The summed E-state index contributed by atoms with van der Waals surface area (Å²) in [6.07, 6.45) is 0.351. The molecule has 2 amide bonds. The van der Waals surface area contributed by atoms with Crippen molar-refractivity contribution in [3.63, 3.8) is 0 Å². The van der Waals surface area contributed by atoms with Crippen LogP contribution in [0, 0.1) is 0 Å². The number of carbonyl (C=O) groups excluding carboxylic acids is 2. The molecule has 0 saturated carbocycles. The minimum Gasteiger partial charge on any atom is -0.357 e. The first-order valence-electron chi connectivity index (χ1n) is 8.99. The van der Waals surface area contributed by atoms with Crippen LogP contribution in [0.5, 0.6) is 0 Å². The molecule has 0 aliphatic heterocycles. The first-order valence-corrected chi connectivity index (χ1v) is 10.9. The maximum Gasteiger partial charge on any atom is 0.242 e. The average molecular weight is 439 g/mol. The molecule has 1 atom stereocenters. The lowest BCUT2D eigenvalue weighted by molar-refractivity contribution is -0.140. The van der Waals surface area contributed by atoms with Crippen LogP contribution < -0.4 is 5.32 Å². The van der Waals surface area contributed by atoms with Gasteiger partial charge in [-0.15, -0.1) is 0 Å². The second kappa shape index (κ2) is 11.3. The Bertz CT molecular complexity index is 802. The molecule has 0 aliphatic rings. The van der Waals surface area contributed by atoms with Gasteiger partial charge in [0, 0.05) is 41.6 Å². The lowest BCUT2D eigenvalue weighted by Gasteiger charge is -2.28. The van der Waals surface area contributed by atoms with E-state index in [9.17, 15) is 9.59 Å². The van der Waals surface area contributed by atoms with Crippen LogP contribution in [0.2, 0.25) is 10.0 Å². The van der Waals surface area contributed by atoms with Gasteiger partial charge in [-0.1, -0.05) is 59.6 Å². The van der Waals surface area contributed by atoms with Crippen molar-refractivity contribution in [3.05, 3.63) is 69.7 Å². The van der Waals surface area contributed by atoms with E-state index in [1.165, 1.54) is 5.56 Å². The monoisotopic (exact) mass is 438 g/mol. The SMILES string of the molecule is CNC(=O)[C@@H](C)N(Cc1ccc(Cl)cc1Cl)C(=O)CCSCc1ccccc1. The minimum absolute atomic E-state index is 0.0809. The fourth-order valence-corrected chi connectivity index (χ4v) is 4.05. The number of carbonyl (C=O) groups is 2. The number of rotatable bonds is 9. The molecule has 28 heavy (non-hydrogen) atoms. The zero-order valence-electron chi connectivity index (χ0n) is 16.0. The molecule has 4 nitrogen and oxygen atoms in total. The van der Waals surface area contributed by atoms with E-state index in [1.807, 2.05) is 18.2 Å². The first-order chi connectivity index (χ1) is 13.4. The Morgan fingerprint density at radius 2 is 1.86 bits per heavy atom. The van der Waals surface area contributed by atoms with E-state index in [4.69, 9.17) is 23.2 Å². The molecule has 0 bridgehead atoms. The second-order valence-corrected chi connectivity index (χ2v) is 8.28. The highest BCUT2D eigenvalue weighted by Crippen LogP contribution is 2.24. The number of likely N-dealkylation sites (N-methyl/N-ethyl adjacent to an activating group) is 1. The maximum atomic E-state index is 12.9. The third-order valence-electron chi connectivity index (χ3n) is 4.34. The third-order valence-corrected chi connectivity index (χ3v) is 5.96. The molecule has 0 aliphatic carbocycles. The van der Waals surface area contributed by atoms with Gasteiger partial charge in [0.2, 0.25) is 11.8 Å². The Balaban J connectivity index is 2.01. The van der Waals surface area contributed by atoms with Gasteiger partial charge in [-0.05, 0) is 30.2 Å². The number of thioether (sulfide) groups is 1. The van der Waals surface area contributed by atoms with Crippen molar-refractivity contribution >= 4 is 46.8 Å². The van der Waals surface area contributed by atoms with E-state index in [1.54, 1.807) is 48.8 Å². The molecule has 0 fully saturated rings. The minimum atomic E-state index is -0.594. The second-order valence-electron chi connectivity index (χ2n) is 6.34. The van der Waals surface area contributed by atoms with Crippen molar-refractivity contribution in [2.75, 3.05) is 12.8 Å². The zero-order chi connectivity index (χ0) is 20.5. The number of benzene rings is 2. The molecule has 0 spiro atoms. The summed E-state index contributed by atoms with van der Waals surface area (Å²) in [6.45, 7) is 1.98. The van der Waals surface area contributed by atoms with Crippen LogP contribution in [-0.4, -0.2) is 35.6 Å². The van der Waals surface area contributed by atoms with Crippen LogP contribution in [-0.2, 0) is 21.9 Å². The van der Waals surface area contributed by atoms with Gasteiger partial charge in [0.05, 0.1) is 0 Å². The van der Waals surface area contributed by atoms with Crippen LogP contribution in [0.4, 0.5) is 0 Å². The average Bonchev–Trinajstić information content (AvgIpc) is 2.70. The third kappa shape index (κ3) is 6.73. The van der Waals surface area contributed by atoms with Crippen molar-refractivity contribution in [2.45, 2.75) is 31.7 Å². The van der Waals surface area contributed by atoms with E-state index in [-0.39, 0.29) is 18.4 Å². The highest BCUT2D eigenvalue weighted by molar-refractivity contribution is 7.98. The van der Waals surface area contributed by atoms with E-state index in [2.05, 4.69) is 17.4 Å². The van der Waals surface area contributed by atoms with Gasteiger partial charge in [-0.3, -0.25) is 9.59 Å². The first kappa shape index (κ1) is 22.6. The molecule has 7 heteroatoms. The van der Waals surface area contributed by atoms with Gasteiger partial charge in [-0.25, -0.2) is 0 Å². The molecule has 0 aromatic heterocycles. The summed E-state index contributed by atoms with van der Waals surface area (Å²) in [5.74, 6) is 1.24. The molecule has 0 unspecified atom stereocenters. The number of hydrogen-bond donors (Lipinski definition) is 1. The lowest BCUT2D eigenvalue weighted by Crippen LogP contribution is -2.46. The molecule has 0 heterocycles. The largest absolute Gasteiger partial charge is 0.357 e. The van der Waals surface area contributed by atoms with Crippen molar-refractivity contribution in [1.82, 2.24) is 10.2 Å². The Morgan fingerprint density at radius 1 is 1.14 bits per heavy atom. The highest BCUT2D eigenvalue weighted by Gasteiger charge is 2.25. The molecule has 150 valence electrons. The lowest BCUT2D eigenvalue weighted by atomic mass is 10.1. The van der Waals surface area contributed by atoms with Gasteiger partial charge in [0.1, 0.15) is 6.04 Å². The zero-order valence-corrected chi connectivity index (χ0v) is 18.3. The predicted molar refractivity (Wildman–Crippen MR) is 118 cm³/mol. The van der Waals surface area contributed by atoms with Gasteiger partial charge >= 0.3 is 0 Å². The van der Waals surface area contributed by atoms with E-state index in [0.29, 0.717) is 22.2 Å². The van der Waals surface area contributed by atoms with Gasteiger partial charge in [0.25, 0.3) is 0 Å². The summed E-state index contributed by atoms with van der Waals surface area (Å²) in [6, 6.07) is 14.7. The number of nitrogens with one attached hydrogen (secondary N) is 1. The molecule has 0 saturated heterocycles. The molecule has 1 N–H and O–H groups in total. The quantitative estimate of drug-likeness (QED) is 0.572. The molecule has 2 rings (SSSR count). The number of amides is 2. The van der Waals surface area contributed by atoms with Crippen LogP contribution in [0.15, 0.2) is 48.5 Å². The summed E-state index contributed by atoms with van der Waals surface area (Å²) in [4.78, 5) is 26.6. The topological polar surface area (TPSA) is 49.4 Å². The molecular formula is C21H24Cl2N2O2S. The molecular weight excluding hydrogens is 415 g/mol. The summed E-state index contributed by atoms with van der Waals surface area (Å²) in [5, 5.41) is 3.62. The van der Waals surface area contributed by atoms with Crippen LogP contribution in [0.3, 0.4) is 0 Å². The molecule has 2 aromatic carbocycles. The fraction of sp³-hybridized carbons (Fsp3) is 0.333. The standard InChI is InChI=1S/C21H24Cl2N2O2S/c1-15(21(27)24-2)25(13-17-8-9-18(22)12-19(17)23)20(26)10-11-28-14-16-6-4-3-5-7-16/h3-9,12,15H,10-11,13-14H2,1-2H3,(H,24,27)/t15-/m1/s1.